The van der Waals surface area contributed by atoms with Crippen molar-refractivity contribution in [2.45, 2.75) is 26.3 Å². The van der Waals surface area contributed by atoms with Crippen LogP contribution >= 0.6 is 0 Å². The zero-order chi connectivity index (χ0) is 25.9. The predicted octanol–water partition coefficient (Wildman–Crippen LogP) is 4.68. The number of amides is 3. The lowest BCUT2D eigenvalue weighted by Crippen LogP contribution is -2.48. The van der Waals surface area contributed by atoms with Crippen molar-refractivity contribution in [3.05, 3.63) is 113 Å². The molecule has 1 atom stereocenters. The van der Waals surface area contributed by atoms with Crippen LogP contribution < -0.4 is 10.6 Å². The molecular formula is C29H25N5O3. The van der Waals surface area contributed by atoms with E-state index in [1.54, 1.807) is 42.5 Å². The SMILES string of the molecule is Cc1cc(C)nc(Nc2cccc(NC(=O)C(Cc3ccccc3)N3C(=O)c4ccccc4C3=O)c2)n1. The van der Waals surface area contributed by atoms with Crippen LogP contribution in [0.3, 0.4) is 0 Å². The van der Waals surface area contributed by atoms with Crippen molar-refractivity contribution >= 4 is 35.0 Å². The second-order valence-electron chi connectivity index (χ2n) is 8.90. The smallest absolute Gasteiger partial charge is 0.262 e. The van der Waals surface area contributed by atoms with E-state index < -0.39 is 23.8 Å². The number of imide groups is 1. The largest absolute Gasteiger partial charge is 0.324 e. The Bertz CT molecular complexity index is 1450. The number of hydrogen-bond acceptors (Lipinski definition) is 6. The molecule has 1 aliphatic heterocycles. The van der Waals surface area contributed by atoms with Crippen LogP contribution in [0.2, 0.25) is 0 Å². The number of aryl methyl sites for hydroxylation is 2. The van der Waals surface area contributed by atoms with Gasteiger partial charge in [-0.25, -0.2) is 9.97 Å². The molecule has 0 aliphatic carbocycles. The standard InChI is InChI=1S/C29H25N5O3/c1-18-15-19(2)31-29(30-18)33-22-12-8-11-21(17-22)32-26(35)25(16-20-9-4-3-5-10-20)34-27(36)23-13-6-7-14-24(23)28(34)37/h3-15,17,25H,16H2,1-2H3,(H,32,35)(H,30,31,33). The summed E-state index contributed by atoms with van der Waals surface area (Å²) in [5.74, 6) is -0.953. The fourth-order valence-corrected chi connectivity index (χ4v) is 4.44. The van der Waals surface area contributed by atoms with Gasteiger partial charge in [-0.05, 0) is 55.8 Å². The predicted molar refractivity (Wildman–Crippen MR) is 141 cm³/mol. The van der Waals surface area contributed by atoms with E-state index in [9.17, 15) is 14.4 Å². The van der Waals surface area contributed by atoms with Crippen LogP contribution in [0.4, 0.5) is 17.3 Å². The molecular weight excluding hydrogens is 466 g/mol. The molecule has 5 rings (SSSR count). The molecule has 1 unspecified atom stereocenters. The monoisotopic (exact) mass is 491 g/mol. The number of carbonyl (C=O) groups excluding carboxylic acids is 3. The van der Waals surface area contributed by atoms with Crippen molar-refractivity contribution in [2.24, 2.45) is 0 Å². The highest BCUT2D eigenvalue weighted by molar-refractivity contribution is 6.23. The van der Waals surface area contributed by atoms with Crippen LogP contribution in [-0.4, -0.2) is 38.6 Å². The first kappa shape index (κ1) is 23.9. The van der Waals surface area contributed by atoms with Gasteiger partial charge in [-0.15, -0.1) is 0 Å². The van der Waals surface area contributed by atoms with E-state index in [2.05, 4.69) is 20.6 Å². The van der Waals surface area contributed by atoms with Gasteiger partial charge in [0, 0.05) is 29.2 Å². The fourth-order valence-electron chi connectivity index (χ4n) is 4.44. The average molecular weight is 492 g/mol. The molecule has 0 saturated carbocycles. The summed E-state index contributed by atoms with van der Waals surface area (Å²) in [7, 11) is 0. The van der Waals surface area contributed by atoms with Gasteiger partial charge in [0.1, 0.15) is 6.04 Å². The lowest BCUT2D eigenvalue weighted by molar-refractivity contribution is -0.119. The summed E-state index contributed by atoms with van der Waals surface area (Å²) < 4.78 is 0. The van der Waals surface area contributed by atoms with Gasteiger partial charge in [0.05, 0.1) is 11.1 Å². The molecule has 37 heavy (non-hydrogen) atoms. The van der Waals surface area contributed by atoms with Gasteiger partial charge in [0.15, 0.2) is 0 Å². The summed E-state index contributed by atoms with van der Waals surface area (Å²) in [6.45, 7) is 3.78. The molecule has 1 aromatic heterocycles. The second kappa shape index (κ2) is 10.0. The van der Waals surface area contributed by atoms with Gasteiger partial charge in [-0.1, -0.05) is 48.5 Å². The van der Waals surface area contributed by atoms with Crippen LogP contribution in [0, 0.1) is 13.8 Å². The van der Waals surface area contributed by atoms with Crippen molar-refractivity contribution in [3.8, 4) is 0 Å². The summed E-state index contributed by atoms with van der Waals surface area (Å²) in [5.41, 5.74) is 4.31. The number of benzene rings is 3. The van der Waals surface area contributed by atoms with Gasteiger partial charge in [0.2, 0.25) is 11.9 Å². The normalized spacial score (nSPS) is 13.3. The van der Waals surface area contributed by atoms with Gasteiger partial charge < -0.3 is 10.6 Å². The lowest BCUT2D eigenvalue weighted by atomic mass is 10.0. The third-order valence-corrected chi connectivity index (χ3v) is 6.08. The molecule has 0 fully saturated rings. The minimum absolute atomic E-state index is 0.187. The fraction of sp³-hybridized carbons (Fsp3) is 0.138. The van der Waals surface area contributed by atoms with E-state index in [1.807, 2.05) is 56.3 Å². The van der Waals surface area contributed by atoms with Crippen LogP contribution in [0.5, 0.6) is 0 Å². The summed E-state index contributed by atoms with van der Waals surface area (Å²) in [4.78, 5) is 49.9. The van der Waals surface area contributed by atoms with E-state index in [-0.39, 0.29) is 6.42 Å². The van der Waals surface area contributed by atoms with E-state index in [4.69, 9.17) is 0 Å². The molecule has 0 spiro atoms. The lowest BCUT2D eigenvalue weighted by Gasteiger charge is -2.25. The molecule has 2 heterocycles. The molecule has 1 aliphatic rings. The molecule has 3 amide bonds. The Balaban J connectivity index is 1.41. The van der Waals surface area contributed by atoms with Crippen molar-refractivity contribution in [1.29, 1.82) is 0 Å². The van der Waals surface area contributed by atoms with Crippen LogP contribution in [0.15, 0.2) is 84.9 Å². The molecule has 184 valence electrons. The van der Waals surface area contributed by atoms with Crippen molar-refractivity contribution in [3.63, 3.8) is 0 Å². The molecule has 3 aromatic carbocycles. The van der Waals surface area contributed by atoms with Gasteiger partial charge in [-0.3, -0.25) is 19.3 Å². The van der Waals surface area contributed by atoms with Crippen molar-refractivity contribution in [2.75, 3.05) is 10.6 Å². The molecule has 0 saturated heterocycles. The zero-order valence-electron chi connectivity index (χ0n) is 20.4. The second-order valence-corrected chi connectivity index (χ2v) is 8.90. The van der Waals surface area contributed by atoms with Crippen molar-refractivity contribution in [1.82, 2.24) is 14.9 Å². The van der Waals surface area contributed by atoms with Gasteiger partial charge in [-0.2, -0.15) is 0 Å². The maximum atomic E-state index is 13.6. The Morgan fingerprint density at radius 1 is 0.784 bits per heavy atom. The van der Waals surface area contributed by atoms with E-state index in [1.165, 1.54) is 0 Å². The Morgan fingerprint density at radius 2 is 1.38 bits per heavy atom. The quantitative estimate of drug-likeness (QED) is 0.364. The molecule has 2 N–H and O–H groups in total. The van der Waals surface area contributed by atoms with Gasteiger partial charge in [0.25, 0.3) is 11.8 Å². The molecule has 0 radical (unpaired) electrons. The molecule has 4 aromatic rings. The van der Waals surface area contributed by atoms with Crippen LogP contribution in [0.25, 0.3) is 0 Å². The summed E-state index contributed by atoms with van der Waals surface area (Å²) in [6, 6.07) is 23.9. The van der Waals surface area contributed by atoms with E-state index in [0.717, 1.165) is 21.9 Å². The Labute approximate surface area is 214 Å². The number of nitrogens with one attached hydrogen (secondary N) is 2. The van der Waals surface area contributed by atoms with Crippen LogP contribution in [0.1, 0.15) is 37.7 Å². The van der Waals surface area contributed by atoms with Crippen LogP contribution in [-0.2, 0) is 11.2 Å². The number of rotatable bonds is 7. The molecule has 8 nitrogen and oxygen atoms in total. The third-order valence-electron chi connectivity index (χ3n) is 6.08. The Kier molecular flexibility index (Phi) is 6.47. The minimum Gasteiger partial charge on any atom is -0.324 e. The summed E-state index contributed by atoms with van der Waals surface area (Å²) >= 11 is 0. The Morgan fingerprint density at radius 3 is 2.03 bits per heavy atom. The maximum Gasteiger partial charge on any atom is 0.262 e. The molecule has 8 heteroatoms. The first-order valence-electron chi connectivity index (χ1n) is 11.9. The van der Waals surface area contributed by atoms with Gasteiger partial charge >= 0.3 is 0 Å². The van der Waals surface area contributed by atoms with E-state index in [0.29, 0.717) is 28.5 Å². The highest BCUT2D eigenvalue weighted by atomic mass is 16.2. The topological polar surface area (TPSA) is 104 Å². The zero-order valence-corrected chi connectivity index (χ0v) is 20.4. The van der Waals surface area contributed by atoms with Crippen molar-refractivity contribution < 1.29 is 14.4 Å². The number of hydrogen-bond donors (Lipinski definition) is 2. The van der Waals surface area contributed by atoms with E-state index >= 15 is 0 Å². The number of anilines is 3. The maximum absolute atomic E-state index is 13.6. The highest BCUT2D eigenvalue weighted by Gasteiger charge is 2.42. The summed E-state index contributed by atoms with van der Waals surface area (Å²) in [6.07, 6.45) is 0.187. The first-order valence-corrected chi connectivity index (χ1v) is 11.9. The number of nitrogens with zero attached hydrogens (tertiary/aromatic N) is 3. The Hall–Kier alpha value is -4.85. The highest BCUT2D eigenvalue weighted by Crippen LogP contribution is 2.27. The first-order chi connectivity index (χ1) is 17.9. The number of aromatic nitrogens is 2. The third kappa shape index (κ3) is 5.08. The minimum atomic E-state index is -1.03. The number of carbonyl (C=O) groups is 3. The molecule has 0 bridgehead atoms. The number of fused-ring (bicyclic) bond motifs is 1. The average Bonchev–Trinajstić information content (AvgIpc) is 3.12. The summed E-state index contributed by atoms with van der Waals surface area (Å²) in [5, 5.41) is 6.05.